The van der Waals surface area contributed by atoms with Gasteiger partial charge in [0.15, 0.2) is 11.7 Å². The van der Waals surface area contributed by atoms with Gasteiger partial charge in [-0.05, 0) is 33.1 Å². The van der Waals surface area contributed by atoms with Crippen molar-refractivity contribution in [1.82, 2.24) is 0 Å². The second-order valence-electron chi connectivity index (χ2n) is 6.55. The second kappa shape index (κ2) is 5.25. The quantitative estimate of drug-likeness (QED) is 0.573. The predicted octanol–water partition coefficient (Wildman–Crippen LogP) is 1.90. The van der Waals surface area contributed by atoms with E-state index in [0.29, 0.717) is 19.4 Å². The molecule has 1 spiro atoms. The van der Waals surface area contributed by atoms with E-state index in [1.165, 1.54) is 0 Å². The monoisotopic (exact) mass is 298 g/mol. The van der Waals surface area contributed by atoms with Crippen LogP contribution in [0.1, 0.15) is 52.4 Å². The molecule has 2 aliphatic heterocycles. The Kier molecular flexibility index (Phi) is 3.69. The zero-order chi connectivity index (χ0) is 15.1. The van der Waals surface area contributed by atoms with Crippen LogP contribution in [0.5, 0.6) is 0 Å². The molecule has 2 heterocycles. The predicted molar refractivity (Wildman–Crippen MR) is 71.0 cm³/mol. The fourth-order valence-electron chi connectivity index (χ4n) is 3.26. The van der Waals surface area contributed by atoms with Gasteiger partial charge in [-0.2, -0.15) is 0 Å². The Hall–Kier alpha value is -1.14. The number of hydrogen-bond acceptors (Lipinski definition) is 6. The van der Waals surface area contributed by atoms with Crippen molar-refractivity contribution in [2.45, 2.75) is 70.1 Å². The van der Waals surface area contributed by atoms with Crippen LogP contribution >= 0.6 is 0 Å². The molecule has 0 unspecified atom stereocenters. The molecule has 118 valence electrons. The molecule has 0 N–H and O–H groups in total. The normalized spacial score (nSPS) is 32.0. The number of rotatable bonds is 2. The zero-order valence-corrected chi connectivity index (χ0v) is 12.6. The molecule has 3 fully saturated rings. The van der Waals surface area contributed by atoms with E-state index < -0.39 is 29.4 Å². The fraction of sp³-hybridized carbons (Fsp3) is 0.867. The summed E-state index contributed by atoms with van der Waals surface area (Å²) in [6.07, 6.45) is 4.09. The zero-order valence-electron chi connectivity index (χ0n) is 12.6. The second-order valence-corrected chi connectivity index (χ2v) is 6.55. The van der Waals surface area contributed by atoms with Crippen molar-refractivity contribution in [3.8, 4) is 0 Å². The molecular weight excluding hydrogens is 276 g/mol. The summed E-state index contributed by atoms with van der Waals surface area (Å²) in [7, 11) is 0. The number of carbonyl (C=O) groups excluding carboxylic acids is 2. The van der Waals surface area contributed by atoms with Crippen molar-refractivity contribution in [2.24, 2.45) is 5.92 Å². The Labute approximate surface area is 124 Å². The molecule has 0 radical (unpaired) electrons. The summed E-state index contributed by atoms with van der Waals surface area (Å²) in [4.78, 5) is 24.4. The third-order valence-electron chi connectivity index (χ3n) is 4.32. The van der Waals surface area contributed by atoms with E-state index in [1.807, 2.05) is 13.8 Å². The van der Waals surface area contributed by atoms with E-state index >= 15 is 0 Å². The molecule has 1 aliphatic carbocycles. The molecular formula is C15H22O6. The summed E-state index contributed by atoms with van der Waals surface area (Å²) in [5, 5.41) is 0. The smallest absolute Gasteiger partial charge is 0.323 e. The summed E-state index contributed by atoms with van der Waals surface area (Å²) in [6.45, 7) is 3.98. The van der Waals surface area contributed by atoms with Crippen molar-refractivity contribution in [2.75, 3.05) is 6.61 Å². The number of ether oxygens (including phenoxy) is 4. The molecule has 1 saturated carbocycles. The minimum atomic E-state index is -1.00. The van der Waals surface area contributed by atoms with Gasteiger partial charge in [-0.25, -0.2) is 0 Å². The highest BCUT2D eigenvalue weighted by Gasteiger charge is 2.50. The first-order valence-electron chi connectivity index (χ1n) is 7.67. The van der Waals surface area contributed by atoms with Gasteiger partial charge in [0.05, 0.1) is 12.7 Å². The highest BCUT2D eigenvalue weighted by molar-refractivity contribution is 5.96. The van der Waals surface area contributed by atoms with Gasteiger partial charge in [-0.15, -0.1) is 0 Å². The van der Waals surface area contributed by atoms with Gasteiger partial charge in [0.2, 0.25) is 0 Å². The third-order valence-corrected chi connectivity index (χ3v) is 4.32. The fourth-order valence-corrected chi connectivity index (χ4v) is 3.26. The molecule has 3 aliphatic rings. The average Bonchev–Trinajstić information content (AvgIpc) is 2.74. The van der Waals surface area contributed by atoms with Crippen LogP contribution in [0.25, 0.3) is 0 Å². The van der Waals surface area contributed by atoms with Crippen molar-refractivity contribution in [1.29, 1.82) is 0 Å². The maximum Gasteiger partial charge on any atom is 0.323 e. The van der Waals surface area contributed by atoms with Crippen LogP contribution in [0.4, 0.5) is 0 Å². The first-order chi connectivity index (χ1) is 9.89. The molecule has 0 aromatic carbocycles. The lowest BCUT2D eigenvalue weighted by molar-refractivity contribution is -0.262. The Morgan fingerprint density at radius 1 is 1.05 bits per heavy atom. The Bertz CT molecular complexity index is 417. The SMILES string of the molecule is CC1(C)OC[C@H](CC2C(=O)OC3(CCCCC3)OC2=O)O1. The van der Waals surface area contributed by atoms with Gasteiger partial charge in [0.1, 0.15) is 0 Å². The van der Waals surface area contributed by atoms with E-state index in [4.69, 9.17) is 18.9 Å². The molecule has 0 aromatic heterocycles. The summed E-state index contributed by atoms with van der Waals surface area (Å²) in [5.41, 5.74) is 0. The van der Waals surface area contributed by atoms with Crippen LogP contribution in [-0.2, 0) is 28.5 Å². The van der Waals surface area contributed by atoms with Crippen molar-refractivity contribution in [3.63, 3.8) is 0 Å². The average molecular weight is 298 g/mol. The van der Waals surface area contributed by atoms with Gasteiger partial charge >= 0.3 is 11.9 Å². The molecule has 0 amide bonds. The standard InChI is InChI=1S/C15H22O6/c1-14(2)18-9-10(19-14)8-11-12(16)20-15(21-13(11)17)6-4-3-5-7-15/h10-11H,3-9H2,1-2H3/t10-/m0/s1. The molecule has 6 heteroatoms. The molecule has 0 bridgehead atoms. The van der Waals surface area contributed by atoms with Crippen molar-refractivity contribution in [3.05, 3.63) is 0 Å². The van der Waals surface area contributed by atoms with Crippen LogP contribution in [0, 0.1) is 5.92 Å². The molecule has 3 rings (SSSR count). The Morgan fingerprint density at radius 3 is 2.19 bits per heavy atom. The highest BCUT2D eigenvalue weighted by atomic mass is 16.8. The number of hydrogen-bond donors (Lipinski definition) is 0. The van der Waals surface area contributed by atoms with Crippen LogP contribution in [0.15, 0.2) is 0 Å². The molecule has 21 heavy (non-hydrogen) atoms. The van der Waals surface area contributed by atoms with Crippen LogP contribution in [-0.4, -0.2) is 36.2 Å². The van der Waals surface area contributed by atoms with Gasteiger partial charge in [-0.3, -0.25) is 9.59 Å². The number of esters is 2. The van der Waals surface area contributed by atoms with Crippen LogP contribution in [0.2, 0.25) is 0 Å². The lowest BCUT2D eigenvalue weighted by Crippen LogP contribution is -2.51. The highest BCUT2D eigenvalue weighted by Crippen LogP contribution is 2.38. The summed E-state index contributed by atoms with van der Waals surface area (Å²) in [6, 6.07) is 0. The molecule has 2 saturated heterocycles. The van der Waals surface area contributed by atoms with Gasteiger partial charge in [0, 0.05) is 12.8 Å². The first-order valence-corrected chi connectivity index (χ1v) is 7.67. The maximum absolute atomic E-state index is 12.2. The van der Waals surface area contributed by atoms with Crippen LogP contribution in [0.3, 0.4) is 0 Å². The lowest BCUT2D eigenvalue weighted by atomic mass is 9.91. The van der Waals surface area contributed by atoms with Crippen LogP contribution < -0.4 is 0 Å². The first kappa shape index (κ1) is 14.8. The molecule has 1 atom stereocenters. The van der Waals surface area contributed by atoms with Crippen molar-refractivity contribution < 1.29 is 28.5 Å². The number of carbonyl (C=O) groups is 2. The minimum absolute atomic E-state index is 0.247. The van der Waals surface area contributed by atoms with Gasteiger partial charge in [0.25, 0.3) is 5.79 Å². The lowest BCUT2D eigenvalue weighted by Gasteiger charge is -2.40. The summed E-state index contributed by atoms with van der Waals surface area (Å²) >= 11 is 0. The van der Waals surface area contributed by atoms with E-state index in [2.05, 4.69) is 0 Å². The minimum Gasteiger partial charge on any atom is -0.422 e. The van der Waals surface area contributed by atoms with E-state index in [9.17, 15) is 9.59 Å². The van der Waals surface area contributed by atoms with Gasteiger partial charge in [-0.1, -0.05) is 6.42 Å². The third kappa shape index (κ3) is 3.06. The maximum atomic E-state index is 12.2. The summed E-state index contributed by atoms with van der Waals surface area (Å²) < 4.78 is 22.1. The topological polar surface area (TPSA) is 71.1 Å². The summed E-state index contributed by atoms with van der Waals surface area (Å²) in [5.74, 6) is -3.55. The largest absolute Gasteiger partial charge is 0.422 e. The molecule has 6 nitrogen and oxygen atoms in total. The Balaban J connectivity index is 1.63. The van der Waals surface area contributed by atoms with Crippen molar-refractivity contribution >= 4 is 11.9 Å². The molecule has 0 aromatic rings. The Morgan fingerprint density at radius 2 is 1.67 bits per heavy atom. The van der Waals surface area contributed by atoms with E-state index in [-0.39, 0.29) is 12.5 Å². The van der Waals surface area contributed by atoms with E-state index in [1.54, 1.807) is 0 Å². The van der Waals surface area contributed by atoms with Gasteiger partial charge < -0.3 is 18.9 Å². The van der Waals surface area contributed by atoms with E-state index in [0.717, 1.165) is 19.3 Å².